The van der Waals surface area contributed by atoms with Gasteiger partial charge in [-0.3, -0.25) is 19.9 Å². The fourth-order valence-corrected chi connectivity index (χ4v) is 3.74. The van der Waals surface area contributed by atoms with Crippen LogP contribution in [0.1, 0.15) is 22.8 Å². The number of nitrogens with zero attached hydrogens (tertiary/aromatic N) is 5. The van der Waals surface area contributed by atoms with Crippen LogP contribution in [0.2, 0.25) is 0 Å². The third-order valence-electron chi connectivity index (χ3n) is 5.33. The van der Waals surface area contributed by atoms with E-state index in [1.54, 1.807) is 0 Å². The molecule has 0 aliphatic carbocycles. The van der Waals surface area contributed by atoms with E-state index in [0.717, 1.165) is 55.5 Å². The van der Waals surface area contributed by atoms with Gasteiger partial charge in [0.05, 0.1) is 23.6 Å². The molecule has 3 heterocycles. The minimum Gasteiger partial charge on any atom is -0.364 e. The van der Waals surface area contributed by atoms with Crippen molar-refractivity contribution in [1.29, 1.82) is 0 Å². The Balaban J connectivity index is 1.51. The topological polar surface area (TPSA) is 45.2 Å². The van der Waals surface area contributed by atoms with Gasteiger partial charge in [-0.15, -0.1) is 0 Å². The van der Waals surface area contributed by atoms with Crippen LogP contribution in [0.4, 0.5) is 5.69 Å². The Morgan fingerprint density at radius 2 is 1.22 bits per heavy atom. The van der Waals surface area contributed by atoms with E-state index in [0.29, 0.717) is 0 Å². The second-order valence-electron chi connectivity index (χ2n) is 7.88. The molecular weight excluding hydrogens is 394 g/mol. The van der Waals surface area contributed by atoms with Crippen molar-refractivity contribution >= 4 is 5.69 Å². The molecule has 5 nitrogen and oxygen atoms in total. The quantitative estimate of drug-likeness (QED) is 0.363. The lowest BCUT2D eigenvalue weighted by Gasteiger charge is -2.29. The number of hydrogen-bond donors (Lipinski definition) is 0. The van der Waals surface area contributed by atoms with Gasteiger partial charge in [0.15, 0.2) is 0 Å². The molecule has 1 aromatic carbocycles. The van der Waals surface area contributed by atoms with Crippen LogP contribution in [0.5, 0.6) is 0 Å². The van der Waals surface area contributed by atoms with Crippen molar-refractivity contribution in [3.05, 3.63) is 120 Å². The van der Waals surface area contributed by atoms with Crippen LogP contribution in [-0.4, -0.2) is 32.9 Å². The van der Waals surface area contributed by atoms with Gasteiger partial charge in [0, 0.05) is 50.0 Å². The molecule has 0 saturated carbocycles. The van der Waals surface area contributed by atoms with E-state index in [2.05, 4.69) is 74.4 Å². The number of benzene rings is 1. The molecule has 0 atom stereocenters. The van der Waals surface area contributed by atoms with E-state index in [9.17, 15) is 0 Å². The highest BCUT2D eigenvalue weighted by molar-refractivity contribution is 5.46. The van der Waals surface area contributed by atoms with Gasteiger partial charge in [-0.25, -0.2) is 0 Å². The van der Waals surface area contributed by atoms with Crippen LogP contribution >= 0.6 is 0 Å². The number of anilines is 1. The van der Waals surface area contributed by atoms with Crippen molar-refractivity contribution in [3.8, 4) is 0 Å². The molecule has 0 fully saturated rings. The summed E-state index contributed by atoms with van der Waals surface area (Å²) in [6.07, 6.45) is 3.71. The molecule has 4 aromatic rings. The summed E-state index contributed by atoms with van der Waals surface area (Å²) in [6, 6.07) is 28.9. The van der Waals surface area contributed by atoms with Gasteiger partial charge < -0.3 is 4.90 Å². The maximum atomic E-state index is 4.72. The number of aryl methyl sites for hydroxylation is 1. The van der Waals surface area contributed by atoms with Crippen LogP contribution in [-0.2, 0) is 19.6 Å². The number of hydrogen-bond acceptors (Lipinski definition) is 5. The van der Waals surface area contributed by atoms with Crippen LogP contribution in [0.3, 0.4) is 0 Å². The molecule has 0 radical (unpaired) electrons. The molecule has 0 N–H and O–H groups in total. The summed E-state index contributed by atoms with van der Waals surface area (Å²) in [5, 5.41) is 0. The second-order valence-corrected chi connectivity index (χ2v) is 7.88. The van der Waals surface area contributed by atoms with Crippen LogP contribution < -0.4 is 4.90 Å². The summed E-state index contributed by atoms with van der Waals surface area (Å²) in [7, 11) is 0. The van der Waals surface area contributed by atoms with E-state index >= 15 is 0 Å². The van der Waals surface area contributed by atoms with Crippen molar-refractivity contribution in [3.63, 3.8) is 0 Å². The maximum Gasteiger partial charge on any atom is 0.0602 e. The summed E-state index contributed by atoms with van der Waals surface area (Å²) in [6.45, 7) is 6.13. The Hall–Kier alpha value is -3.57. The molecular formula is C27H29N5. The van der Waals surface area contributed by atoms with E-state index in [4.69, 9.17) is 4.98 Å². The zero-order chi connectivity index (χ0) is 22.0. The molecule has 162 valence electrons. The second kappa shape index (κ2) is 11.2. The number of pyridine rings is 3. The first-order chi connectivity index (χ1) is 15.8. The molecule has 3 aromatic heterocycles. The molecule has 5 heteroatoms. The zero-order valence-corrected chi connectivity index (χ0v) is 18.5. The zero-order valence-electron chi connectivity index (χ0n) is 18.5. The monoisotopic (exact) mass is 423 g/mol. The SMILES string of the molecule is Cc1cccc(CN(CCN(Cc2ccccn2)c2ccccc2)Cc2ccccn2)n1. The predicted molar refractivity (Wildman–Crippen MR) is 129 cm³/mol. The largest absolute Gasteiger partial charge is 0.364 e. The summed E-state index contributed by atoms with van der Waals surface area (Å²) in [5.74, 6) is 0. The first kappa shape index (κ1) is 21.7. The summed E-state index contributed by atoms with van der Waals surface area (Å²) < 4.78 is 0. The third kappa shape index (κ3) is 6.46. The number of rotatable bonds is 10. The van der Waals surface area contributed by atoms with Gasteiger partial charge in [-0.1, -0.05) is 36.4 Å². The Morgan fingerprint density at radius 3 is 1.88 bits per heavy atom. The molecule has 0 bridgehead atoms. The first-order valence-corrected chi connectivity index (χ1v) is 11.0. The van der Waals surface area contributed by atoms with Crippen LogP contribution in [0.15, 0.2) is 97.3 Å². The fourth-order valence-electron chi connectivity index (χ4n) is 3.74. The molecule has 0 unspecified atom stereocenters. The molecule has 0 aliphatic rings. The van der Waals surface area contributed by atoms with E-state index in [1.807, 2.05) is 49.6 Å². The lowest BCUT2D eigenvalue weighted by molar-refractivity contribution is 0.255. The van der Waals surface area contributed by atoms with Gasteiger partial charge in [-0.2, -0.15) is 0 Å². The van der Waals surface area contributed by atoms with Crippen molar-refractivity contribution in [1.82, 2.24) is 19.9 Å². The van der Waals surface area contributed by atoms with E-state index in [1.165, 1.54) is 5.69 Å². The van der Waals surface area contributed by atoms with Gasteiger partial charge in [-0.05, 0) is 55.5 Å². The van der Waals surface area contributed by atoms with Crippen molar-refractivity contribution < 1.29 is 0 Å². The Kier molecular flexibility index (Phi) is 7.55. The van der Waals surface area contributed by atoms with Gasteiger partial charge >= 0.3 is 0 Å². The maximum absolute atomic E-state index is 4.72. The van der Waals surface area contributed by atoms with E-state index in [-0.39, 0.29) is 0 Å². The van der Waals surface area contributed by atoms with Crippen LogP contribution in [0, 0.1) is 6.92 Å². The highest BCUT2D eigenvalue weighted by atomic mass is 15.2. The van der Waals surface area contributed by atoms with Gasteiger partial charge in [0.2, 0.25) is 0 Å². The Labute approximate surface area is 190 Å². The molecule has 0 spiro atoms. The minimum atomic E-state index is 0.769. The highest BCUT2D eigenvalue weighted by Gasteiger charge is 2.13. The molecule has 0 aliphatic heterocycles. The first-order valence-electron chi connectivity index (χ1n) is 11.0. The molecule has 4 rings (SSSR count). The van der Waals surface area contributed by atoms with E-state index < -0.39 is 0 Å². The van der Waals surface area contributed by atoms with Crippen molar-refractivity contribution in [2.75, 3.05) is 18.0 Å². The molecule has 32 heavy (non-hydrogen) atoms. The standard InChI is InChI=1S/C27H29N5/c1-23-10-9-13-26(30-23)21-31(20-24-11-5-7-16-28-24)18-19-32(27-14-3-2-4-15-27)22-25-12-6-8-17-29-25/h2-17H,18-22H2,1H3. The molecule has 0 saturated heterocycles. The van der Waals surface area contributed by atoms with Gasteiger partial charge in [0.25, 0.3) is 0 Å². The van der Waals surface area contributed by atoms with Crippen LogP contribution in [0.25, 0.3) is 0 Å². The number of aromatic nitrogens is 3. The minimum absolute atomic E-state index is 0.769. The molecule has 0 amide bonds. The average Bonchev–Trinajstić information content (AvgIpc) is 2.83. The van der Waals surface area contributed by atoms with Gasteiger partial charge in [0.1, 0.15) is 0 Å². The average molecular weight is 424 g/mol. The predicted octanol–water partition coefficient (Wildman–Crippen LogP) is 4.89. The summed E-state index contributed by atoms with van der Waals surface area (Å²) in [5.41, 5.74) is 5.45. The highest BCUT2D eigenvalue weighted by Crippen LogP contribution is 2.17. The van der Waals surface area contributed by atoms with Crippen molar-refractivity contribution in [2.45, 2.75) is 26.6 Å². The summed E-state index contributed by atoms with van der Waals surface area (Å²) >= 11 is 0. The fraction of sp³-hybridized carbons (Fsp3) is 0.222. The Bertz CT molecular complexity index is 1070. The normalized spacial score (nSPS) is 10.9. The lowest BCUT2D eigenvalue weighted by atomic mass is 10.2. The summed E-state index contributed by atoms with van der Waals surface area (Å²) in [4.78, 5) is 18.6. The third-order valence-corrected chi connectivity index (χ3v) is 5.33. The Morgan fingerprint density at radius 1 is 0.594 bits per heavy atom. The van der Waals surface area contributed by atoms with Crippen molar-refractivity contribution in [2.24, 2.45) is 0 Å². The smallest absolute Gasteiger partial charge is 0.0602 e. The number of para-hydroxylation sites is 1. The lowest BCUT2D eigenvalue weighted by Crippen LogP contribution is -2.35.